The van der Waals surface area contributed by atoms with Gasteiger partial charge >= 0.3 is 0 Å². The van der Waals surface area contributed by atoms with Crippen LogP contribution in [-0.2, 0) is 12.1 Å². The Bertz CT molecular complexity index is 573. The fourth-order valence-electron chi connectivity index (χ4n) is 2.72. The van der Waals surface area contributed by atoms with Crippen LogP contribution in [0.4, 0.5) is 0 Å². The second-order valence-electron chi connectivity index (χ2n) is 5.81. The molecular formula is C16H18Si2. The van der Waals surface area contributed by atoms with Crippen LogP contribution in [0.25, 0.3) is 0 Å². The van der Waals surface area contributed by atoms with Gasteiger partial charge in [-0.1, -0.05) is 83.1 Å². The highest BCUT2D eigenvalue weighted by Crippen LogP contribution is 2.15. The van der Waals surface area contributed by atoms with E-state index in [1.54, 1.807) is 5.19 Å². The summed E-state index contributed by atoms with van der Waals surface area (Å²) in [5.41, 5.74) is 3.03. The minimum Gasteiger partial charge on any atom is -0.0652 e. The van der Waals surface area contributed by atoms with Gasteiger partial charge in [-0.25, -0.2) is 0 Å². The molecule has 18 heavy (non-hydrogen) atoms. The van der Waals surface area contributed by atoms with Crippen molar-refractivity contribution in [2.75, 3.05) is 0 Å². The number of hydrogen-bond donors (Lipinski definition) is 0. The molecule has 2 aromatic carbocycles. The van der Waals surface area contributed by atoms with E-state index >= 15 is 0 Å². The van der Waals surface area contributed by atoms with Gasteiger partial charge in [-0.05, 0) is 12.1 Å². The molecule has 0 saturated heterocycles. The SMILES string of the molecule is C[Si]1(C)Cc2cccc(c2)C[Si]c2cccc1c2. The number of benzene rings is 2. The lowest BCUT2D eigenvalue weighted by atomic mass is 10.2. The molecule has 1 aliphatic rings. The zero-order valence-corrected chi connectivity index (χ0v) is 13.0. The van der Waals surface area contributed by atoms with Crippen molar-refractivity contribution in [3.05, 3.63) is 59.7 Å². The zero-order chi connectivity index (χ0) is 12.6. The number of fused-ring (bicyclic) bond motifs is 4. The van der Waals surface area contributed by atoms with Crippen molar-refractivity contribution in [3.8, 4) is 0 Å². The Kier molecular flexibility index (Phi) is 3.00. The molecule has 2 aromatic rings. The van der Waals surface area contributed by atoms with E-state index in [0.717, 1.165) is 9.52 Å². The van der Waals surface area contributed by atoms with E-state index in [2.05, 4.69) is 61.6 Å². The Balaban J connectivity index is 2.10. The topological polar surface area (TPSA) is 0 Å². The molecule has 1 heterocycles. The first-order valence-electron chi connectivity index (χ1n) is 6.56. The van der Waals surface area contributed by atoms with Gasteiger partial charge < -0.3 is 0 Å². The van der Waals surface area contributed by atoms with Gasteiger partial charge in [0.2, 0.25) is 0 Å². The van der Waals surface area contributed by atoms with Crippen molar-refractivity contribution in [2.45, 2.75) is 25.2 Å². The standard InChI is InChI=1S/C16H18Si2/c1-18(2)12-14-6-3-5-13(9-14)11-17-15-7-4-8-16(18)10-15/h3-10H,11-12H2,1-2H3. The van der Waals surface area contributed by atoms with Crippen LogP contribution in [0.5, 0.6) is 0 Å². The van der Waals surface area contributed by atoms with Crippen LogP contribution in [0.15, 0.2) is 48.5 Å². The molecule has 0 aliphatic carbocycles. The maximum Gasteiger partial charge on any atom is 0.0855 e. The minimum absolute atomic E-state index is 0.907. The molecular weight excluding hydrogens is 248 g/mol. The number of hydrogen-bond acceptors (Lipinski definition) is 0. The van der Waals surface area contributed by atoms with E-state index in [0.29, 0.717) is 0 Å². The lowest BCUT2D eigenvalue weighted by molar-refractivity contribution is 1.27. The van der Waals surface area contributed by atoms with Crippen molar-refractivity contribution >= 4 is 28.0 Å². The van der Waals surface area contributed by atoms with Crippen LogP contribution >= 0.6 is 0 Å². The molecule has 2 radical (unpaired) electrons. The van der Waals surface area contributed by atoms with Gasteiger partial charge in [0.05, 0.1) is 17.6 Å². The van der Waals surface area contributed by atoms with Crippen molar-refractivity contribution < 1.29 is 0 Å². The molecule has 2 heteroatoms. The van der Waals surface area contributed by atoms with E-state index in [9.17, 15) is 0 Å². The first-order chi connectivity index (χ1) is 8.63. The highest BCUT2D eigenvalue weighted by atomic mass is 28.3. The van der Waals surface area contributed by atoms with Crippen LogP contribution in [-0.4, -0.2) is 17.6 Å². The number of rotatable bonds is 0. The summed E-state index contributed by atoms with van der Waals surface area (Å²) in [5, 5.41) is 3.14. The summed E-state index contributed by atoms with van der Waals surface area (Å²) in [5.74, 6) is 0. The largest absolute Gasteiger partial charge is 0.0855 e. The third-order valence-corrected chi connectivity index (χ3v) is 8.25. The van der Waals surface area contributed by atoms with Crippen LogP contribution < -0.4 is 10.4 Å². The first kappa shape index (κ1) is 11.9. The molecule has 1 aliphatic heterocycles. The Morgan fingerprint density at radius 1 is 0.944 bits per heavy atom. The van der Waals surface area contributed by atoms with E-state index in [-0.39, 0.29) is 0 Å². The molecule has 0 amide bonds. The van der Waals surface area contributed by atoms with Crippen LogP contribution in [0, 0.1) is 0 Å². The van der Waals surface area contributed by atoms with Crippen LogP contribution in [0.2, 0.25) is 13.1 Å². The molecule has 3 rings (SSSR count). The zero-order valence-electron chi connectivity index (χ0n) is 11.0. The molecule has 0 spiro atoms. The molecule has 0 fully saturated rings. The Morgan fingerprint density at radius 2 is 1.72 bits per heavy atom. The fourth-order valence-corrected chi connectivity index (χ4v) is 6.50. The highest BCUT2D eigenvalue weighted by molar-refractivity contribution is 6.89. The van der Waals surface area contributed by atoms with Crippen molar-refractivity contribution in [1.29, 1.82) is 0 Å². The Hall–Kier alpha value is -1.13. The van der Waals surface area contributed by atoms with Crippen molar-refractivity contribution in [3.63, 3.8) is 0 Å². The second kappa shape index (κ2) is 4.52. The second-order valence-corrected chi connectivity index (χ2v) is 11.8. The summed E-state index contributed by atoms with van der Waals surface area (Å²) in [4.78, 5) is 0. The van der Waals surface area contributed by atoms with Gasteiger partial charge in [-0.2, -0.15) is 0 Å². The van der Waals surface area contributed by atoms with Crippen LogP contribution in [0.1, 0.15) is 11.1 Å². The summed E-state index contributed by atoms with van der Waals surface area (Å²) in [6, 6.07) is 21.0. The summed E-state index contributed by atoms with van der Waals surface area (Å²) in [7, 11) is -0.429. The quantitative estimate of drug-likeness (QED) is 0.642. The maximum atomic E-state index is 2.49. The smallest absolute Gasteiger partial charge is 0.0652 e. The van der Waals surface area contributed by atoms with E-state index in [4.69, 9.17) is 0 Å². The van der Waals surface area contributed by atoms with E-state index in [1.165, 1.54) is 28.4 Å². The fraction of sp³-hybridized carbons (Fsp3) is 0.250. The highest BCUT2D eigenvalue weighted by Gasteiger charge is 2.24. The average Bonchev–Trinajstić information content (AvgIpc) is 2.36. The van der Waals surface area contributed by atoms with Gasteiger partial charge in [-0.3, -0.25) is 0 Å². The average molecular weight is 266 g/mol. The van der Waals surface area contributed by atoms with E-state index in [1.807, 2.05) is 0 Å². The summed E-state index contributed by atoms with van der Waals surface area (Å²) in [6.45, 7) is 4.98. The molecule has 0 nitrogen and oxygen atoms in total. The van der Waals surface area contributed by atoms with E-state index < -0.39 is 8.07 Å². The Morgan fingerprint density at radius 3 is 2.61 bits per heavy atom. The molecule has 0 atom stereocenters. The molecule has 90 valence electrons. The van der Waals surface area contributed by atoms with Crippen molar-refractivity contribution in [1.82, 2.24) is 0 Å². The van der Waals surface area contributed by atoms with Gasteiger partial charge in [0, 0.05) is 0 Å². The first-order valence-corrected chi connectivity index (χ1v) is 11.0. The maximum absolute atomic E-state index is 2.49. The summed E-state index contributed by atoms with van der Waals surface area (Å²) < 4.78 is 0. The lowest BCUT2D eigenvalue weighted by Gasteiger charge is -2.25. The van der Waals surface area contributed by atoms with Gasteiger partial charge in [0.1, 0.15) is 0 Å². The normalized spacial score (nSPS) is 17.2. The van der Waals surface area contributed by atoms with Crippen molar-refractivity contribution in [2.24, 2.45) is 0 Å². The molecule has 0 aromatic heterocycles. The minimum atomic E-state index is -1.34. The monoisotopic (exact) mass is 266 g/mol. The van der Waals surface area contributed by atoms with Gasteiger partial charge in [0.25, 0.3) is 0 Å². The third kappa shape index (κ3) is 2.35. The van der Waals surface area contributed by atoms with Gasteiger partial charge in [0.15, 0.2) is 0 Å². The summed E-state index contributed by atoms with van der Waals surface area (Å²) in [6.07, 6.45) is 0. The predicted octanol–water partition coefficient (Wildman–Crippen LogP) is 2.23. The molecule has 4 bridgehead atoms. The summed E-state index contributed by atoms with van der Waals surface area (Å²) >= 11 is 0. The Labute approximate surface area is 113 Å². The predicted molar refractivity (Wildman–Crippen MR) is 82.8 cm³/mol. The lowest BCUT2D eigenvalue weighted by Crippen LogP contribution is -2.46. The van der Waals surface area contributed by atoms with Crippen LogP contribution in [0.3, 0.4) is 0 Å². The molecule has 0 saturated carbocycles. The molecule has 0 N–H and O–H groups in total. The molecule has 0 unspecified atom stereocenters. The third-order valence-electron chi connectivity index (χ3n) is 3.78. The van der Waals surface area contributed by atoms with Gasteiger partial charge in [-0.15, -0.1) is 0 Å².